The minimum atomic E-state index is -0.395. The first kappa shape index (κ1) is 18.1. The van der Waals surface area contributed by atoms with Gasteiger partial charge >= 0.3 is 0 Å². The smallest absolute Gasteiger partial charge is 0.237 e. The SMILES string of the molecule is C=C/C(=C\SCSC)[C@@]1(C(=O)Nc2nccs2)CC1C1CCCC1. The summed E-state index contributed by atoms with van der Waals surface area (Å²) in [5, 5.41) is 8.78. The van der Waals surface area contributed by atoms with Crippen molar-refractivity contribution >= 4 is 45.9 Å². The number of thioether (sulfide) groups is 2. The van der Waals surface area contributed by atoms with Gasteiger partial charge in [0, 0.05) is 16.7 Å². The molecule has 1 N–H and O–H groups in total. The molecule has 2 aliphatic rings. The molecule has 2 aliphatic carbocycles. The number of rotatable bonds is 8. The van der Waals surface area contributed by atoms with Gasteiger partial charge in [-0.2, -0.15) is 11.8 Å². The highest BCUT2D eigenvalue weighted by Gasteiger charge is 2.63. The summed E-state index contributed by atoms with van der Waals surface area (Å²) in [6.45, 7) is 4.01. The Morgan fingerprint density at radius 3 is 2.96 bits per heavy atom. The summed E-state index contributed by atoms with van der Waals surface area (Å²) in [6, 6.07) is 0. The first-order valence-electron chi connectivity index (χ1n) is 8.37. The maximum Gasteiger partial charge on any atom is 0.237 e. The van der Waals surface area contributed by atoms with Gasteiger partial charge in [-0.15, -0.1) is 23.1 Å². The highest BCUT2D eigenvalue weighted by molar-refractivity contribution is 8.17. The molecule has 2 saturated carbocycles. The van der Waals surface area contributed by atoms with Gasteiger partial charge in [-0.25, -0.2) is 4.98 Å². The van der Waals surface area contributed by atoms with Crippen molar-refractivity contribution < 1.29 is 4.79 Å². The number of nitrogens with one attached hydrogen (secondary N) is 1. The van der Waals surface area contributed by atoms with Crippen LogP contribution in [0.15, 0.2) is 35.2 Å². The number of anilines is 1. The molecule has 1 aromatic heterocycles. The molecular formula is C18H24N2OS3. The third-order valence-electron chi connectivity index (χ3n) is 5.17. The van der Waals surface area contributed by atoms with Crippen LogP contribution in [0.1, 0.15) is 32.1 Å². The number of hydrogen-bond donors (Lipinski definition) is 1. The van der Waals surface area contributed by atoms with Crippen LogP contribution in [-0.4, -0.2) is 22.2 Å². The number of amides is 1. The summed E-state index contributed by atoms with van der Waals surface area (Å²) in [7, 11) is 0. The van der Waals surface area contributed by atoms with E-state index in [0.717, 1.165) is 17.1 Å². The van der Waals surface area contributed by atoms with Crippen molar-refractivity contribution in [3.63, 3.8) is 0 Å². The fraction of sp³-hybridized carbons (Fsp3) is 0.556. The third-order valence-corrected chi connectivity index (χ3v) is 7.77. The average molecular weight is 381 g/mol. The highest BCUT2D eigenvalue weighted by atomic mass is 32.2. The Labute approximate surface area is 156 Å². The molecule has 0 aliphatic heterocycles. The number of thiazole rings is 1. The maximum atomic E-state index is 13.1. The van der Waals surface area contributed by atoms with Crippen LogP contribution < -0.4 is 5.32 Å². The predicted octanol–water partition coefficient (Wildman–Crippen LogP) is 5.40. The van der Waals surface area contributed by atoms with Crippen LogP contribution in [0.2, 0.25) is 0 Å². The molecule has 24 heavy (non-hydrogen) atoms. The van der Waals surface area contributed by atoms with Crippen molar-refractivity contribution in [2.24, 2.45) is 17.3 Å². The van der Waals surface area contributed by atoms with Crippen LogP contribution in [0.4, 0.5) is 5.13 Å². The van der Waals surface area contributed by atoms with E-state index in [1.807, 2.05) is 11.5 Å². The lowest BCUT2D eigenvalue weighted by atomic mass is 9.87. The Bertz CT molecular complexity index is 608. The number of allylic oxidation sites excluding steroid dienone is 1. The summed E-state index contributed by atoms with van der Waals surface area (Å²) in [4.78, 5) is 17.4. The average Bonchev–Trinajstić information content (AvgIpc) is 2.99. The van der Waals surface area contributed by atoms with Crippen molar-refractivity contribution in [1.82, 2.24) is 4.98 Å². The van der Waals surface area contributed by atoms with Gasteiger partial charge in [0.2, 0.25) is 5.91 Å². The molecule has 3 rings (SSSR count). The largest absolute Gasteiger partial charge is 0.301 e. The van der Waals surface area contributed by atoms with Crippen molar-refractivity contribution in [2.45, 2.75) is 32.1 Å². The monoisotopic (exact) mass is 380 g/mol. The molecule has 1 heterocycles. The number of carbonyl (C=O) groups is 1. The summed E-state index contributed by atoms with van der Waals surface area (Å²) in [6.07, 6.45) is 11.8. The van der Waals surface area contributed by atoms with Crippen molar-refractivity contribution in [3.05, 3.63) is 35.2 Å². The van der Waals surface area contributed by atoms with E-state index in [2.05, 4.69) is 28.5 Å². The molecule has 130 valence electrons. The van der Waals surface area contributed by atoms with Gasteiger partial charge in [-0.3, -0.25) is 4.79 Å². The molecule has 2 atom stereocenters. The Kier molecular flexibility index (Phi) is 6.11. The third kappa shape index (κ3) is 3.60. The van der Waals surface area contributed by atoms with Crippen molar-refractivity contribution in [1.29, 1.82) is 0 Å². The Hall–Kier alpha value is -0.720. The molecule has 1 amide bonds. The molecular weight excluding hydrogens is 356 g/mol. The normalized spacial score (nSPS) is 27.2. The lowest BCUT2D eigenvalue weighted by molar-refractivity contribution is -0.120. The molecule has 0 saturated heterocycles. The number of carbonyl (C=O) groups excluding carboxylic acids is 1. The van der Waals surface area contributed by atoms with Gasteiger partial charge in [0.1, 0.15) is 0 Å². The molecule has 2 fully saturated rings. The topological polar surface area (TPSA) is 42.0 Å². The van der Waals surface area contributed by atoms with Gasteiger partial charge in [-0.05, 0) is 35.5 Å². The van der Waals surface area contributed by atoms with Crippen LogP contribution in [0.5, 0.6) is 0 Å². The zero-order valence-corrected chi connectivity index (χ0v) is 16.4. The summed E-state index contributed by atoms with van der Waals surface area (Å²) in [5.74, 6) is 1.24. The van der Waals surface area contributed by atoms with Crippen molar-refractivity contribution in [2.75, 3.05) is 16.7 Å². The second-order valence-electron chi connectivity index (χ2n) is 6.47. The number of nitrogens with zero attached hydrogens (tertiary/aromatic N) is 1. The summed E-state index contributed by atoms with van der Waals surface area (Å²) >= 11 is 5.03. The minimum Gasteiger partial charge on any atom is -0.301 e. The molecule has 0 aromatic carbocycles. The summed E-state index contributed by atoms with van der Waals surface area (Å²) < 4.78 is 0. The van der Waals surface area contributed by atoms with Gasteiger partial charge in [-0.1, -0.05) is 38.3 Å². The van der Waals surface area contributed by atoms with E-state index in [-0.39, 0.29) is 5.91 Å². The molecule has 6 heteroatoms. The zero-order chi connectivity index (χ0) is 17.0. The fourth-order valence-electron chi connectivity index (χ4n) is 3.96. The van der Waals surface area contributed by atoms with E-state index in [4.69, 9.17) is 0 Å². The molecule has 0 radical (unpaired) electrons. The van der Waals surface area contributed by atoms with Crippen LogP contribution >= 0.6 is 34.9 Å². The zero-order valence-electron chi connectivity index (χ0n) is 14.0. The van der Waals surface area contributed by atoms with Crippen LogP contribution in [-0.2, 0) is 4.79 Å². The van der Waals surface area contributed by atoms with E-state index < -0.39 is 5.41 Å². The van der Waals surface area contributed by atoms with Gasteiger partial charge in [0.15, 0.2) is 5.13 Å². The first-order valence-corrected chi connectivity index (χ1v) is 11.7. The highest BCUT2D eigenvalue weighted by Crippen LogP contribution is 2.64. The quantitative estimate of drug-likeness (QED) is 0.372. The van der Waals surface area contributed by atoms with Gasteiger partial charge in [0.25, 0.3) is 0 Å². The molecule has 0 spiro atoms. The lowest BCUT2D eigenvalue weighted by Crippen LogP contribution is -2.29. The first-order chi connectivity index (χ1) is 11.7. The number of aromatic nitrogens is 1. The van der Waals surface area contributed by atoms with Crippen LogP contribution in [0.25, 0.3) is 0 Å². The number of hydrogen-bond acceptors (Lipinski definition) is 5. The van der Waals surface area contributed by atoms with E-state index in [9.17, 15) is 4.79 Å². The second kappa shape index (κ2) is 8.11. The fourth-order valence-corrected chi connectivity index (χ4v) is 5.79. The maximum absolute atomic E-state index is 13.1. The minimum absolute atomic E-state index is 0.102. The lowest BCUT2D eigenvalue weighted by Gasteiger charge is -2.21. The Morgan fingerprint density at radius 2 is 2.33 bits per heavy atom. The van der Waals surface area contributed by atoms with E-state index in [1.165, 1.54) is 37.0 Å². The molecule has 0 bridgehead atoms. The standard InChI is InChI=1S/C18H24N2OS3/c1-3-14(11-23-12-22-2)18(10-15(18)13-6-4-5-7-13)16(21)20-17-19-8-9-24-17/h3,8-9,11,13,15H,1,4-7,10,12H2,2H3,(H,19,20,21)/b14-11+/t15?,18-/m0/s1. The Morgan fingerprint density at radius 1 is 1.54 bits per heavy atom. The van der Waals surface area contributed by atoms with Crippen LogP contribution in [0, 0.1) is 17.3 Å². The van der Waals surface area contributed by atoms with E-state index >= 15 is 0 Å². The second-order valence-corrected chi connectivity index (χ2v) is 9.45. The predicted molar refractivity (Wildman–Crippen MR) is 107 cm³/mol. The summed E-state index contributed by atoms with van der Waals surface area (Å²) in [5.41, 5.74) is 0.695. The molecule has 1 unspecified atom stereocenters. The van der Waals surface area contributed by atoms with E-state index in [0.29, 0.717) is 17.0 Å². The van der Waals surface area contributed by atoms with E-state index in [1.54, 1.807) is 29.7 Å². The van der Waals surface area contributed by atoms with Gasteiger partial charge in [0.05, 0.1) is 5.41 Å². The Balaban J connectivity index is 1.82. The molecule has 3 nitrogen and oxygen atoms in total. The molecule has 1 aromatic rings. The van der Waals surface area contributed by atoms with Crippen LogP contribution in [0.3, 0.4) is 0 Å². The van der Waals surface area contributed by atoms with Gasteiger partial charge < -0.3 is 5.32 Å². The van der Waals surface area contributed by atoms with Crippen molar-refractivity contribution in [3.8, 4) is 0 Å².